The van der Waals surface area contributed by atoms with Gasteiger partial charge in [-0.3, -0.25) is 38.4 Å². The van der Waals surface area contributed by atoms with Crippen LogP contribution in [0.15, 0.2) is 248 Å². The summed E-state index contributed by atoms with van der Waals surface area (Å²) in [5.74, 6) is -4.55. The zero-order valence-electron chi connectivity index (χ0n) is 73.2. The van der Waals surface area contributed by atoms with Gasteiger partial charge >= 0.3 is 18.2 Å². The van der Waals surface area contributed by atoms with Crippen LogP contribution in [-0.2, 0) is 58.6 Å². The molecule has 0 atom stereocenters. The smallest absolute Gasteiger partial charge is 0.407 e. The minimum Gasteiger partial charge on any atom is -0.478 e. The van der Waals surface area contributed by atoms with E-state index in [9.17, 15) is 78.0 Å². The molecule has 15 N–H and O–H groups in total. The summed E-state index contributed by atoms with van der Waals surface area (Å²) in [6, 6.07) is 50.3. The molecular formula is C92H90Cl3N15O20S6. The van der Waals surface area contributed by atoms with Gasteiger partial charge in [-0.05, 0) is 169 Å². The zero-order chi connectivity index (χ0) is 97.7. The molecule has 0 fully saturated rings. The molecule has 136 heavy (non-hydrogen) atoms. The summed E-state index contributed by atoms with van der Waals surface area (Å²) in [7, 11) is -11.9. The van der Waals surface area contributed by atoms with Crippen molar-refractivity contribution in [1.82, 2.24) is 52.2 Å². The van der Waals surface area contributed by atoms with Gasteiger partial charge in [-0.15, -0.1) is 69.6 Å². The third-order valence-electron chi connectivity index (χ3n) is 19.0. The van der Waals surface area contributed by atoms with Crippen LogP contribution in [0, 0.1) is 0 Å². The fraction of sp³-hybridized carbons (Fsp3) is 0.196. The Hall–Kier alpha value is -13.7. The lowest BCUT2D eigenvalue weighted by atomic mass is 10.1. The van der Waals surface area contributed by atoms with E-state index in [1.165, 1.54) is 137 Å². The standard InChI is InChI=1S/C32H31N5O7S2.C27H23N5O5S2.C25H17N3O6S2.C7H16N2O2.CH2Cl2.ClH/c1-32(2,3)44-31(41)34-15-14-33-27(38)19-8-10-20(11-9-19)30-36-18-22(45-30)17-35-28(39)21-12-13-26-24(16-21)37-29(40)23-6-4-5-7-25(23)46(26,42)43;28-11-12-29-24(33)16-5-7-17(8-6-16)27-31-15-19(38-27)14-30-25(34)18-9-10-23-21(13-18)32-26(35)20-3-1-2-4-22(20)39(23,36)37;29-22(26-12-17-13-27-24(35-17)14-5-7-15(8-6-14)25(31)32)16-9-10-21-19(11-16)28-23(30)18-3-1-2-4-20(18)36(21,33)34;1-7(2,3)11-6(10)9-5-4-8;2-1-3;/h4-13,16,18H,14-15,17H2,1-3H3,(H,33,38)(H,34,41)(H,35,39)(H,37,40);1-10,13,15H,11-12,14,28H2,(H,29,33)(H,30,34)(H,32,35);1-11,13H,12H2,(H,26,29)(H,28,30)(H,31,32);4-5,8H2,1-3H3,(H,9,10);1H2;1H. The van der Waals surface area contributed by atoms with Crippen molar-refractivity contribution in [2.75, 3.05) is 60.6 Å². The molecule has 44 heteroatoms. The van der Waals surface area contributed by atoms with E-state index >= 15 is 0 Å². The van der Waals surface area contributed by atoms with Crippen molar-refractivity contribution in [1.29, 1.82) is 0 Å². The van der Waals surface area contributed by atoms with Crippen LogP contribution in [0.3, 0.4) is 0 Å². The summed E-state index contributed by atoms with van der Waals surface area (Å²) in [5, 5.41) is 38.0. The normalized spacial score (nSPS) is 13.0. The number of amides is 10. The maximum absolute atomic E-state index is 13.2. The van der Waals surface area contributed by atoms with Crippen LogP contribution in [0.1, 0.15) is 149 Å². The van der Waals surface area contributed by atoms with E-state index in [0.29, 0.717) is 47.3 Å². The largest absolute Gasteiger partial charge is 0.478 e. The lowest BCUT2D eigenvalue weighted by Crippen LogP contribution is -2.37. The third kappa shape index (κ3) is 27.1. The number of carboxylic acids is 1. The maximum atomic E-state index is 13.2. The summed E-state index contributed by atoms with van der Waals surface area (Å²) in [6.07, 6.45) is 3.94. The van der Waals surface area contributed by atoms with Gasteiger partial charge < -0.3 is 79.2 Å². The second-order valence-electron chi connectivity index (χ2n) is 31.0. The number of aromatic carboxylic acids is 1. The summed E-state index contributed by atoms with van der Waals surface area (Å²) in [4.78, 5) is 150. The number of fused-ring (bicyclic) bond motifs is 6. The highest BCUT2D eigenvalue weighted by molar-refractivity contribution is 7.92. The molecule has 3 aromatic heterocycles. The number of carbonyl (C=O) groups excluding carboxylic acids is 10. The number of anilines is 3. The number of nitrogens with zero attached hydrogens (tertiary/aromatic N) is 3. The summed E-state index contributed by atoms with van der Waals surface area (Å²) >= 11 is 13.6. The lowest BCUT2D eigenvalue weighted by molar-refractivity contribution is 0.0517. The van der Waals surface area contributed by atoms with E-state index in [4.69, 9.17) is 49.2 Å². The fourth-order valence-corrected chi connectivity index (χ4v) is 20.1. The Morgan fingerprint density at radius 1 is 0.368 bits per heavy atom. The number of alkyl carbamates (subject to hydrolysis) is 2. The number of aromatic nitrogens is 3. The van der Waals surface area contributed by atoms with E-state index in [1.54, 1.807) is 136 Å². The number of nitrogens with two attached hydrogens (primary N) is 2. The third-order valence-corrected chi connectivity index (χ3v) is 27.8. The molecular weight excluding hydrogens is 1930 g/mol. The van der Waals surface area contributed by atoms with Gasteiger partial charge in [0.15, 0.2) is 0 Å². The van der Waals surface area contributed by atoms with Crippen molar-refractivity contribution < 1.29 is 92.6 Å². The average molecular weight is 2020 g/mol. The second kappa shape index (κ2) is 46.5. The first kappa shape index (κ1) is 104. The second-order valence-corrected chi connectivity index (χ2v) is 40.8. The Morgan fingerprint density at radius 3 is 0.919 bits per heavy atom. The van der Waals surface area contributed by atoms with Crippen LogP contribution < -0.4 is 64.6 Å². The van der Waals surface area contributed by atoms with Crippen molar-refractivity contribution in [3.8, 4) is 31.7 Å². The maximum Gasteiger partial charge on any atom is 0.407 e. The average Bonchev–Trinajstić information content (AvgIpc) is 1.59. The lowest BCUT2D eigenvalue weighted by Gasteiger charge is -2.19. The van der Waals surface area contributed by atoms with Gasteiger partial charge in [-0.2, -0.15) is 0 Å². The van der Waals surface area contributed by atoms with Gasteiger partial charge in [-0.1, -0.05) is 72.8 Å². The number of sulfone groups is 3. The highest BCUT2D eigenvalue weighted by Gasteiger charge is 2.36. The highest BCUT2D eigenvalue weighted by atomic mass is 35.5. The molecule has 0 spiro atoms. The molecule has 0 unspecified atom stereocenters. The molecule has 10 amide bonds. The van der Waals surface area contributed by atoms with Crippen LogP contribution in [-0.4, -0.2) is 167 Å². The molecule has 12 aromatic rings. The molecule has 0 radical (unpaired) electrons. The first-order chi connectivity index (χ1) is 64.2. The molecule has 0 aliphatic carbocycles. The van der Waals surface area contributed by atoms with Gasteiger partial charge in [-0.25, -0.2) is 54.6 Å². The monoisotopic (exact) mass is 2020 g/mol. The molecule has 710 valence electrons. The number of carbonyl (C=O) groups is 11. The van der Waals surface area contributed by atoms with Crippen molar-refractivity contribution in [2.24, 2.45) is 11.5 Å². The number of thiazole rings is 3. The number of hydrogen-bond donors (Lipinski definition) is 13. The van der Waals surface area contributed by atoms with Gasteiger partial charge in [0.25, 0.3) is 47.3 Å². The number of alkyl halides is 2. The van der Waals surface area contributed by atoms with Gasteiger partial charge in [0, 0.05) is 117 Å². The topological polar surface area (TPSA) is 540 Å². The quantitative estimate of drug-likeness (QED) is 0.0221. The summed E-state index contributed by atoms with van der Waals surface area (Å²) < 4.78 is 89.0. The minimum absolute atomic E-state index is 0. The van der Waals surface area contributed by atoms with E-state index < -0.39 is 94.3 Å². The Labute approximate surface area is 809 Å². The van der Waals surface area contributed by atoms with Crippen molar-refractivity contribution in [2.45, 2.75) is 102 Å². The molecule has 3 aliphatic rings. The molecule has 6 heterocycles. The van der Waals surface area contributed by atoms with Crippen LogP contribution in [0.2, 0.25) is 0 Å². The zero-order valence-corrected chi connectivity index (χ0v) is 80.4. The summed E-state index contributed by atoms with van der Waals surface area (Å²) in [6.45, 7) is 13.4. The van der Waals surface area contributed by atoms with E-state index in [0.717, 1.165) is 36.3 Å². The van der Waals surface area contributed by atoms with E-state index in [2.05, 4.69) is 68.1 Å². The van der Waals surface area contributed by atoms with Crippen LogP contribution in [0.25, 0.3) is 31.7 Å². The summed E-state index contributed by atoms with van der Waals surface area (Å²) in [5.41, 5.74) is 13.9. The molecule has 0 bridgehead atoms. The number of nitrogens with one attached hydrogen (secondary N) is 10. The predicted octanol–water partition coefficient (Wildman–Crippen LogP) is 13.4. The van der Waals surface area contributed by atoms with Crippen LogP contribution in [0.5, 0.6) is 0 Å². The molecule has 0 saturated carbocycles. The number of hydrogen-bond acceptors (Lipinski definition) is 27. The van der Waals surface area contributed by atoms with Gasteiger partial charge in [0.2, 0.25) is 29.5 Å². The van der Waals surface area contributed by atoms with Gasteiger partial charge in [0.1, 0.15) is 26.2 Å². The predicted molar refractivity (Wildman–Crippen MR) is 517 cm³/mol. The van der Waals surface area contributed by atoms with Crippen molar-refractivity contribution in [3.05, 3.63) is 283 Å². The molecule has 35 nitrogen and oxygen atoms in total. The number of ether oxygens (including phenoxy) is 2. The minimum atomic E-state index is -3.97. The number of carboxylic acid groups (broad SMARTS) is 1. The van der Waals surface area contributed by atoms with Crippen molar-refractivity contribution >= 4 is 182 Å². The highest BCUT2D eigenvalue weighted by Crippen LogP contribution is 2.39. The number of halogens is 3. The van der Waals surface area contributed by atoms with E-state index in [-0.39, 0.29) is 148 Å². The Morgan fingerprint density at radius 2 is 0.625 bits per heavy atom. The first-order valence-corrected chi connectivity index (χ1v) is 48.8. The van der Waals surface area contributed by atoms with Crippen LogP contribution >= 0.6 is 69.6 Å². The SMILES string of the molecule is CC(C)(C)OC(=O)NCCN.CC(C)(C)OC(=O)NCCNC(=O)c1ccc(-c2ncc(CNC(=O)c3ccc4c(c3)NC(=O)c3ccccc3S4(=O)=O)s2)cc1.Cl.ClCCl.NCCNC(=O)c1ccc(-c2ncc(CNC(=O)c3ccc4c(c3)NC(=O)c3ccccc3S4(=O)=O)s2)cc1.O=C(O)c1ccc(-c2ncc(CNC(=O)c3ccc4c(c3)NC(=O)c3ccccc3S4(=O)=O)s2)cc1. The van der Waals surface area contributed by atoms with Crippen LogP contribution in [0.4, 0.5) is 26.7 Å². The van der Waals surface area contributed by atoms with E-state index in [1.807, 2.05) is 20.8 Å². The fourth-order valence-electron chi connectivity index (χ4n) is 12.8. The molecule has 9 aromatic carbocycles. The Bertz CT molecular complexity index is 6870. The molecule has 15 rings (SSSR count). The Kier molecular flexibility index (Phi) is 35.7. The van der Waals surface area contributed by atoms with Gasteiger partial charge in [0.05, 0.1) is 93.7 Å². The number of rotatable bonds is 22. The Balaban J connectivity index is 0.000000197. The molecule has 3 aliphatic heterocycles. The number of benzene rings is 9. The molecule has 0 saturated heterocycles. The first-order valence-electron chi connectivity index (χ1n) is 40.8. The van der Waals surface area contributed by atoms with Crippen molar-refractivity contribution in [3.63, 3.8) is 0 Å².